The number of carboxylic acids is 1. The highest BCUT2D eigenvalue weighted by molar-refractivity contribution is 5.72. The van der Waals surface area contributed by atoms with Crippen molar-refractivity contribution in [3.63, 3.8) is 0 Å². The molecule has 1 aromatic heterocycles. The van der Waals surface area contributed by atoms with Crippen LogP contribution in [0, 0.1) is 11.7 Å². The van der Waals surface area contributed by atoms with Gasteiger partial charge in [-0.2, -0.15) is 0 Å². The molecule has 1 aromatic carbocycles. The van der Waals surface area contributed by atoms with Gasteiger partial charge in [0.15, 0.2) is 11.9 Å². The molecule has 0 aliphatic rings. The van der Waals surface area contributed by atoms with Gasteiger partial charge in [0.05, 0.1) is 0 Å². The number of rotatable bonds is 6. The molecule has 0 amide bonds. The first-order valence-corrected chi connectivity index (χ1v) is 6.77. The number of hydrogen-bond acceptors (Lipinski definition) is 4. The van der Waals surface area contributed by atoms with Crippen molar-refractivity contribution in [2.75, 3.05) is 0 Å². The minimum absolute atomic E-state index is 0.0991. The first-order chi connectivity index (χ1) is 10.0. The second-order valence-electron chi connectivity index (χ2n) is 5.01. The van der Waals surface area contributed by atoms with E-state index in [-0.39, 0.29) is 11.7 Å². The molecule has 0 bridgehead atoms. The van der Waals surface area contributed by atoms with Crippen molar-refractivity contribution in [1.82, 2.24) is 20.2 Å². The fraction of sp³-hybridized carbons (Fsp3) is 0.429. The third kappa shape index (κ3) is 3.42. The molecular formula is C14H17FN4O2. The lowest BCUT2D eigenvalue weighted by molar-refractivity contribution is -0.143. The van der Waals surface area contributed by atoms with Crippen LogP contribution in [0.3, 0.4) is 0 Å². The van der Waals surface area contributed by atoms with Crippen molar-refractivity contribution in [2.45, 2.75) is 32.7 Å². The highest BCUT2D eigenvalue weighted by atomic mass is 19.1. The third-order valence-corrected chi connectivity index (χ3v) is 3.54. The molecule has 6 nitrogen and oxygen atoms in total. The molecule has 112 valence electrons. The Hall–Kier alpha value is -2.31. The highest BCUT2D eigenvalue weighted by Gasteiger charge is 2.29. The van der Waals surface area contributed by atoms with Gasteiger partial charge in [-0.05, 0) is 34.0 Å². The number of benzene rings is 1. The molecule has 0 radical (unpaired) electrons. The van der Waals surface area contributed by atoms with E-state index in [1.165, 1.54) is 16.8 Å². The molecule has 21 heavy (non-hydrogen) atoms. The van der Waals surface area contributed by atoms with Gasteiger partial charge in [-0.15, -0.1) is 5.10 Å². The Labute approximate surface area is 121 Å². The summed E-state index contributed by atoms with van der Waals surface area (Å²) in [5.74, 6) is -0.925. The fourth-order valence-electron chi connectivity index (χ4n) is 2.14. The number of carboxylic acid groups (broad SMARTS) is 1. The summed E-state index contributed by atoms with van der Waals surface area (Å²) in [6.07, 6.45) is 1.06. The average molecular weight is 292 g/mol. The van der Waals surface area contributed by atoms with Crippen molar-refractivity contribution in [3.05, 3.63) is 41.5 Å². The van der Waals surface area contributed by atoms with Gasteiger partial charge in [0.1, 0.15) is 5.82 Å². The van der Waals surface area contributed by atoms with Crippen LogP contribution < -0.4 is 0 Å². The summed E-state index contributed by atoms with van der Waals surface area (Å²) in [5, 5.41) is 20.7. The number of aromatic nitrogens is 4. The van der Waals surface area contributed by atoms with Crippen LogP contribution in [-0.4, -0.2) is 31.3 Å². The van der Waals surface area contributed by atoms with Crippen molar-refractivity contribution >= 4 is 5.97 Å². The largest absolute Gasteiger partial charge is 0.480 e. The molecule has 0 aliphatic carbocycles. The first kappa shape index (κ1) is 15.1. The van der Waals surface area contributed by atoms with Crippen molar-refractivity contribution in [2.24, 2.45) is 5.92 Å². The molecule has 1 N–H and O–H groups in total. The minimum Gasteiger partial charge on any atom is -0.480 e. The van der Waals surface area contributed by atoms with E-state index in [9.17, 15) is 14.3 Å². The molecule has 2 unspecified atom stereocenters. The van der Waals surface area contributed by atoms with Gasteiger partial charge in [0, 0.05) is 6.42 Å². The van der Waals surface area contributed by atoms with Gasteiger partial charge < -0.3 is 5.11 Å². The second kappa shape index (κ2) is 6.43. The quantitative estimate of drug-likeness (QED) is 0.881. The van der Waals surface area contributed by atoms with E-state index in [2.05, 4.69) is 15.5 Å². The standard InChI is InChI=1S/C14H17FN4O2/c1-3-9(2)13(14(20)21)19-12(16-17-18-19)8-10-4-6-11(15)7-5-10/h4-7,9,13H,3,8H2,1-2H3,(H,20,21). The zero-order chi connectivity index (χ0) is 15.4. The average Bonchev–Trinajstić information content (AvgIpc) is 2.89. The molecule has 0 fully saturated rings. The molecule has 0 aliphatic heterocycles. The predicted octanol–water partition coefficient (Wildman–Crippen LogP) is 2.07. The smallest absolute Gasteiger partial charge is 0.328 e. The molecule has 0 saturated carbocycles. The number of carbonyl (C=O) groups is 1. The summed E-state index contributed by atoms with van der Waals surface area (Å²) >= 11 is 0. The Kier molecular flexibility index (Phi) is 4.62. The van der Waals surface area contributed by atoms with Crippen LogP contribution >= 0.6 is 0 Å². The monoisotopic (exact) mass is 292 g/mol. The summed E-state index contributed by atoms with van der Waals surface area (Å²) in [5.41, 5.74) is 0.820. The number of halogens is 1. The zero-order valence-electron chi connectivity index (χ0n) is 11.9. The van der Waals surface area contributed by atoms with Gasteiger partial charge >= 0.3 is 5.97 Å². The van der Waals surface area contributed by atoms with Crippen LogP contribution in [0.1, 0.15) is 37.7 Å². The Balaban J connectivity index is 2.28. The maximum absolute atomic E-state index is 12.9. The number of tetrazole rings is 1. The lowest BCUT2D eigenvalue weighted by Gasteiger charge is -2.19. The number of nitrogens with zero attached hydrogens (tertiary/aromatic N) is 4. The molecule has 2 atom stereocenters. The lowest BCUT2D eigenvalue weighted by atomic mass is 9.99. The lowest BCUT2D eigenvalue weighted by Crippen LogP contribution is -2.28. The summed E-state index contributed by atoms with van der Waals surface area (Å²) in [6.45, 7) is 3.77. The van der Waals surface area contributed by atoms with Crippen molar-refractivity contribution < 1.29 is 14.3 Å². The van der Waals surface area contributed by atoms with Crippen molar-refractivity contribution in [3.8, 4) is 0 Å². The molecule has 2 aromatic rings. The normalized spacial score (nSPS) is 13.9. The van der Waals surface area contributed by atoms with Gasteiger partial charge in [0.2, 0.25) is 0 Å². The minimum atomic E-state index is -0.961. The van der Waals surface area contributed by atoms with E-state index in [0.717, 1.165) is 5.56 Å². The van der Waals surface area contributed by atoms with E-state index in [0.29, 0.717) is 18.7 Å². The van der Waals surface area contributed by atoms with E-state index in [1.54, 1.807) is 12.1 Å². The molecule has 0 spiro atoms. The Morgan fingerprint density at radius 1 is 1.38 bits per heavy atom. The summed E-state index contributed by atoms with van der Waals surface area (Å²) < 4.78 is 14.3. The molecule has 0 saturated heterocycles. The molecule has 1 heterocycles. The van der Waals surface area contributed by atoms with Crippen LogP contribution in [0.5, 0.6) is 0 Å². The Morgan fingerprint density at radius 2 is 2.05 bits per heavy atom. The Bertz CT molecular complexity index is 612. The highest BCUT2D eigenvalue weighted by Crippen LogP contribution is 2.22. The van der Waals surface area contributed by atoms with Crippen LogP contribution in [0.2, 0.25) is 0 Å². The second-order valence-corrected chi connectivity index (χ2v) is 5.01. The zero-order valence-corrected chi connectivity index (χ0v) is 11.9. The van der Waals surface area contributed by atoms with Crippen LogP contribution in [0.25, 0.3) is 0 Å². The van der Waals surface area contributed by atoms with E-state index >= 15 is 0 Å². The molecule has 2 rings (SSSR count). The van der Waals surface area contributed by atoms with Crippen LogP contribution in [-0.2, 0) is 11.2 Å². The van der Waals surface area contributed by atoms with E-state index in [4.69, 9.17) is 0 Å². The number of hydrogen-bond donors (Lipinski definition) is 1. The number of aliphatic carboxylic acids is 1. The van der Waals surface area contributed by atoms with Crippen LogP contribution in [0.4, 0.5) is 4.39 Å². The predicted molar refractivity (Wildman–Crippen MR) is 73.2 cm³/mol. The maximum Gasteiger partial charge on any atom is 0.328 e. The summed E-state index contributed by atoms with van der Waals surface area (Å²) in [7, 11) is 0. The first-order valence-electron chi connectivity index (χ1n) is 6.77. The van der Waals surface area contributed by atoms with Gasteiger partial charge in [0.25, 0.3) is 0 Å². The maximum atomic E-state index is 12.9. The van der Waals surface area contributed by atoms with Crippen LogP contribution in [0.15, 0.2) is 24.3 Å². The molecular weight excluding hydrogens is 275 g/mol. The molecule has 7 heteroatoms. The summed E-state index contributed by atoms with van der Waals surface area (Å²) in [4.78, 5) is 11.5. The fourth-order valence-corrected chi connectivity index (χ4v) is 2.14. The third-order valence-electron chi connectivity index (χ3n) is 3.54. The van der Waals surface area contributed by atoms with Gasteiger partial charge in [-0.25, -0.2) is 13.9 Å². The topological polar surface area (TPSA) is 80.9 Å². The van der Waals surface area contributed by atoms with Gasteiger partial charge in [-0.3, -0.25) is 0 Å². The van der Waals surface area contributed by atoms with Gasteiger partial charge in [-0.1, -0.05) is 32.4 Å². The van der Waals surface area contributed by atoms with Crippen molar-refractivity contribution in [1.29, 1.82) is 0 Å². The van der Waals surface area contributed by atoms with E-state index < -0.39 is 12.0 Å². The Morgan fingerprint density at radius 3 is 2.62 bits per heavy atom. The summed E-state index contributed by atoms with van der Waals surface area (Å²) in [6, 6.07) is 5.17. The SMILES string of the molecule is CCC(C)C(C(=O)O)n1nnnc1Cc1ccc(F)cc1. The van der Waals surface area contributed by atoms with E-state index in [1.807, 2.05) is 13.8 Å².